The van der Waals surface area contributed by atoms with Crippen molar-refractivity contribution in [3.63, 3.8) is 0 Å². The van der Waals surface area contributed by atoms with Crippen molar-refractivity contribution in [2.45, 2.75) is 19.4 Å². The van der Waals surface area contributed by atoms with Crippen LogP contribution in [0.25, 0.3) is 0 Å². The van der Waals surface area contributed by atoms with E-state index >= 15 is 0 Å². The molecule has 1 aromatic carbocycles. The minimum absolute atomic E-state index is 0.00772. The number of thiophene rings is 1. The third-order valence-electron chi connectivity index (χ3n) is 2.74. The molecule has 0 aliphatic carbocycles. The van der Waals surface area contributed by atoms with E-state index in [0.717, 1.165) is 10.4 Å². The first-order chi connectivity index (χ1) is 8.60. The molecular weight excluding hydrogens is 271 g/mol. The summed E-state index contributed by atoms with van der Waals surface area (Å²) in [4.78, 5) is 2.38. The van der Waals surface area contributed by atoms with Crippen molar-refractivity contribution in [2.75, 3.05) is 0 Å². The fourth-order valence-corrected chi connectivity index (χ4v) is 2.97. The first-order valence-electron chi connectivity index (χ1n) is 5.56. The minimum atomic E-state index is -0.326. The number of benzene rings is 1. The van der Waals surface area contributed by atoms with Crippen molar-refractivity contribution in [3.05, 3.63) is 56.5 Å². The number of aryl methyl sites for hydroxylation is 1. The molecule has 5 heteroatoms. The van der Waals surface area contributed by atoms with Crippen molar-refractivity contribution in [1.29, 1.82) is 0 Å². The molecule has 0 radical (unpaired) electrons. The second kappa shape index (κ2) is 5.80. The van der Waals surface area contributed by atoms with Gasteiger partial charge in [0.25, 0.3) is 0 Å². The summed E-state index contributed by atoms with van der Waals surface area (Å²) >= 11 is 7.71. The predicted octanol–water partition coefficient (Wildman–Crippen LogP) is 3.60. The molecular formula is C13H14ClFN2S. The largest absolute Gasteiger partial charge is 0.271 e. The van der Waals surface area contributed by atoms with Crippen LogP contribution in [-0.4, -0.2) is 0 Å². The molecule has 2 aromatic rings. The highest BCUT2D eigenvalue weighted by Crippen LogP contribution is 2.28. The van der Waals surface area contributed by atoms with E-state index in [1.807, 2.05) is 13.0 Å². The number of nitrogens with two attached hydrogens (primary N) is 1. The average Bonchev–Trinajstić information content (AvgIpc) is 2.75. The molecule has 2 nitrogen and oxygen atoms in total. The van der Waals surface area contributed by atoms with Gasteiger partial charge < -0.3 is 0 Å². The van der Waals surface area contributed by atoms with Gasteiger partial charge in [0.2, 0.25) is 0 Å². The van der Waals surface area contributed by atoms with Crippen LogP contribution in [0.1, 0.15) is 21.4 Å². The third kappa shape index (κ3) is 3.09. The van der Waals surface area contributed by atoms with Crippen LogP contribution >= 0.6 is 22.9 Å². The predicted molar refractivity (Wildman–Crippen MR) is 74.2 cm³/mol. The van der Waals surface area contributed by atoms with Gasteiger partial charge in [-0.1, -0.05) is 17.7 Å². The molecule has 0 fully saturated rings. The van der Waals surface area contributed by atoms with Crippen molar-refractivity contribution >= 4 is 22.9 Å². The van der Waals surface area contributed by atoms with Gasteiger partial charge in [0.15, 0.2) is 0 Å². The van der Waals surface area contributed by atoms with E-state index in [0.29, 0.717) is 11.4 Å². The van der Waals surface area contributed by atoms with Gasteiger partial charge in [0.05, 0.1) is 6.04 Å². The Balaban J connectivity index is 2.20. The first kappa shape index (κ1) is 13.5. The second-order valence-corrected chi connectivity index (χ2v) is 5.83. The van der Waals surface area contributed by atoms with E-state index < -0.39 is 0 Å². The highest BCUT2D eigenvalue weighted by Gasteiger charge is 2.14. The molecule has 0 amide bonds. The summed E-state index contributed by atoms with van der Waals surface area (Å²) in [6.07, 6.45) is 0.634. The number of halogens is 2. The molecule has 1 atom stereocenters. The van der Waals surface area contributed by atoms with Crippen LogP contribution in [0.2, 0.25) is 5.02 Å². The van der Waals surface area contributed by atoms with Gasteiger partial charge in [-0.05, 0) is 43.2 Å². The van der Waals surface area contributed by atoms with Crippen molar-refractivity contribution < 1.29 is 4.39 Å². The van der Waals surface area contributed by atoms with Gasteiger partial charge in [-0.25, -0.2) is 4.39 Å². The van der Waals surface area contributed by atoms with Crippen LogP contribution in [0.5, 0.6) is 0 Å². The second-order valence-electron chi connectivity index (χ2n) is 4.11. The summed E-state index contributed by atoms with van der Waals surface area (Å²) < 4.78 is 13.0. The molecule has 1 unspecified atom stereocenters. The van der Waals surface area contributed by atoms with Gasteiger partial charge in [0, 0.05) is 14.8 Å². The van der Waals surface area contributed by atoms with Crippen LogP contribution < -0.4 is 11.3 Å². The molecule has 0 saturated carbocycles. The lowest BCUT2D eigenvalue weighted by atomic mass is 10.1. The molecule has 1 heterocycles. The Morgan fingerprint density at radius 3 is 2.72 bits per heavy atom. The molecule has 3 N–H and O–H groups in total. The quantitative estimate of drug-likeness (QED) is 0.665. The number of hydrogen-bond donors (Lipinski definition) is 2. The van der Waals surface area contributed by atoms with E-state index in [2.05, 4.69) is 11.5 Å². The third-order valence-corrected chi connectivity index (χ3v) is 4.21. The smallest absolute Gasteiger partial charge is 0.124 e. The Morgan fingerprint density at radius 1 is 1.39 bits per heavy atom. The monoisotopic (exact) mass is 284 g/mol. The Hall–Kier alpha value is -0.940. The average molecular weight is 285 g/mol. The maximum atomic E-state index is 13.0. The number of rotatable bonds is 4. The van der Waals surface area contributed by atoms with Gasteiger partial charge in [-0.3, -0.25) is 11.3 Å². The Bertz CT molecular complexity index is 542. The zero-order valence-corrected chi connectivity index (χ0v) is 11.5. The lowest BCUT2D eigenvalue weighted by Gasteiger charge is -2.15. The Labute approximate surface area is 115 Å². The van der Waals surface area contributed by atoms with E-state index in [1.165, 1.54) is 17.0 Å². The summed E-state index contributed by atoms with van der Waals surface area (Å²) in [5.74, 6) is 5.26. The molecule has 1 aromatic heterocycles. The molecule has 2 rings (SSSR count). The summed E-state index contributed by atoms with van der Waals surface area (Å²) in [5, 5.41) is 0.434. The van der Waals surface area contributed by atoms with Crippen molar-refractivity contribution in [3.8, 4) is 0 Å². The number of hydrogen-bond acceptors (Lipinski definition) is 3. The lowest BCUT2D eigenvalue weighted by Crippen LogP contribution is -2.29. The Morgan fingerprint density at radius 2 is 2.17 bits per heavy atom. The normalized spacial score (nSPS) is 12.7. The summed E-state index contributed by atoms with van der Waals surface area (Å²) in [6, 6.07) is 8.52. The maximum Gasteiger partial charge on any atom is 0.124 e. The van der Waals surface area contributed by atoms with Crippen molar-refractivity contribution in [2.24, 2.45) is 5.84 Å². The van der Waals surface area contributed by atoms with Crippen LogP contribution in [0.15, 0.2) is 30.3 Å². The maximum absolute atomic E-state index is 13.0. The zero-order chi connectivity index (χ0) is 13.1. The standard InChI is InChI=1S/C13H14ClFN2S/c1-8-2-5-13(18-8)12(17-16)6-9-3-4-10(15)7-11(9)14/h2-5,7,12,17H,6,16H2,1H3. The number of nitrogens with one attached hydrogen (secondary N) is 1. The van der Waals surface area contributed by atoms with Crippen LogP contribution in [0.3, 0.4) is 0 Å². The first-order valence-corrected chi connectivity index (χ1v) is 6.76. The van der Waals surface area contributed by atoms with Gasteiger partial charge in [0.1, 0.15) is 5.82 Å². The Kier molecular flexibility index (Phi) is 4.35. The zero-order valence-electron chi connectivity index (χ0n) is 9.91. The van der Waals surface area contributed by atoms with Crippen molar-refractivity contribution in [1.82, 2.24) is 5.43 Å². The molecule has 0 spiro atoms. The molecule has 0 aliphatic rings. The molecule has 18 heavy (non-hydrogen) atoms. The van der Waals surface area contributed by atoms with Gasteiger partial charge in [-0.2, -0.15) is 0 Å². The SMILES string of the molecule is Cc1ccc(C(Cc2ccc(F)cc2Cl)NN)s1. The molecule has 96 valence electrons. The summed E-state index contributed by atoms with van der Waals surface area (Å²) in [7, 11) is 0. The highest BCUT2D eigenvalue weighted by atomic mass is 35.5. The highest BCUT2D eigenvalue weighted by molar-refractivity contribution is 7.12. The fraction of sp³-hybridized carbons (Fsp3) is 0.231. The van der Waals surface area contributed by atoms with Gasteiger partial charge in [-0.15, -0.1) is 11.3 Å². The van der Waals surface area contributed by atoms with E-state index in [1.54, 1.807) is 17.4 Å². The fourth-order valence-electron chi connectivity index (χ4n) is 1.79. The van der Waals surface area contributed by atoms with E-state index in [-0.39, 0.29) is 11.9 Å². The lowest BCUT2D eigenvalue weighted by molar-refractivity contribution is 0.559. The van der Waals surface area contributed by atoms with Crippen LogP contribution in [0, 0.1) is 12.7 Å². The summed E-state index contributed by atoms with van der Waals surface area (Å²) in [5.41, 5.74) is 3.66. The topological polar surface area (TPSA) is 38.0 Å². The molecule has 0 saturated heterocycles. The van der Waals surface area contributed by atoms with Crippen LogP contribution in [0.4, 0.5) is 4.39 Å². The van der Waals surface area contributed by atoms with Crippen LogP contribution in [-0.2, 0) is 6.42 Å². The molecule has 0 bridgehead atoms. The number of hydrazine groups is 1. The van der Waals surface area contributed by atoms with Gasteiger partial charge >= 0.3 is 0 Å². The minimum Gasteiger partial charge on any atom is -0.271 e. The molecule has 0 aliphatic heterocycles. The van der Waals surface area contributed by atoms with E-state index in [4.69, 9.17) is 17.4 Å². The summed E-state index contributed by atoms with van der Waals surface area (Å²) in [6.45, 7) is 2.05. The van der Waals surface area contributed by atoms with E-state index in [9.17, 15) is 4.39 Å².